The molecule has 2 amide bonds. The molecule has 0 atom stereocenters. The Morgan fingerprint density at radius 2 is 1.76 bits per heavy atom. The van der Waals surface area contributed by atoms with Crippen molar-refractivity contribution in [1.82, 2.24) is 4.57 Å². The molecule has 3 aromatic rings. The highest BCUT2D eigenvalue weighted by atomic mass is 32.1. The first-order valence-electron chi connectivity index (χ1n) is 10.3. The van der Waals surface area contributed by atoms with Crippen LogP contribution >= 0.6 is 11.3 Å². The summed E-state index contributed by atoms with van der Waals surface area (Å²) in [7, 11) is 4.48. The number of ether oxygens (including phenoxy) is 4. The van der Waals surface area contributed by atoms with Crippen molar-refractivity contribution in [2.45, 2.75) is 20.4 Å². The molecule has 1 heterocycles. The molecule has 0 radical (unpaired) electrons. The highest BCUT2D eigenvalue weighted by Gasteiger charge is 2.17. The van der Waals surface area contributed by atoms with Crippen LogP contribution in [0.3, 0.4) is 0 Å². The topological polar surface area (TPSA) is 100 Å². The maximum absolute atomic E-state index is 13.1. The summed E-state index contributed by atoms with van der Waals surface area (Å²) in [5.74, 6) is 0.535. The molecule has 2 aromatic carbocycles. The van der Waals surface area contributed by atoms with Gasteiger partial charge in [0.15, 0.2) is 16.3 Å². The molecule has 176 valence electrons. The summed E-state index contributed by atoms with van der Waals surface area (Å²) >= 11 is 1.36. The average Bonchev–Trinajstić information content (AvgIpc) is 3.13. The van der Waals surface area contributed by atoms with Gasteiger partial charge < -0.3 is 28.8 Å². The molecular weight excluding hydrogens is 446 g/mol. The molecule has 0 bridgehead atoms. The van der Waals surface area contributed by atoms with Crippen LogP contribution in [0.25, 0.3) is 10.2 Å². The van der Waals surface area contributed by atoms with E-state index in [1.54, 1.807) is 12.1 Å². The second kappa shape index (κ2) is 11.0. The molecule has 0 saturated heterocycles. The Kier molecular flexibility index (Phi) is 8.07. The zero-order chi connectivity index (χ0) is 24.0. The number of hydrogen-bond acceptors (Lipinski definition) is 7. The van der Waals surface area contributed by atoms with Gasteiger partial charge >= 0.3 is 0 Å². The second-order valence-electron chi connectivity index (χ2n) is 6.93. The van der Waals surface area contributed by atoms with Crippen LogP contribution in [0.4, 0.5) is 5.69 Å². The number of rotatable bonds is 9. The molecule has 0 aliphatic carbocycles. The Labute approximate surface area is 195 Å². The molecule has 0 saturated carbocycles. The van der Waals surface area contributed by atoms with Crippen LogP contribution in [0.5, 0.6) is 17.2 Å². The Morgan fingerprint density at radius 3 is 2.33 bits per heavy atom. The van der Waals surface area contributed by atoms with E-state index in [0.29, 0.717) is 53.1 Å². The molecule has 9 nitrogen and oxygen atoms in total. The van der Waals surface area contributed by atoms with Crippen LogP contribution in [0.1, 0.15) is 24.2 Å². The van der Waals surface area contributed by atoms with E-state index < -0.39 is 5.91 Å². The van der Waals surface area contributed by atoms with E-state index >= 15 is 0 Å². The third-order valence-electron chi connectivity index (χ3n) is 4.78. The first-order chi connectivity index (χ1) is 15.9. The zero-order valence-electron chi connectivity index (χ0n) is 19.3. The van der Waals surface area contributed by atoms with Crippen LogP contribution in [0.15, 0.2) is 35.3 Å². The number of methoxy groups -OCH3 is 3. The van der Waals surface area contributed by atoms with E-state index in [1.165, 1.54) is 39.6 Å². The van der Waals surface area contributed by atoms with Crippen molar-refractivity contribution in [3.63, 3.8) is 0 Å². The van der Waals surface area contributed by atoms with Gasteiger partial charge in [-0.1, -0.05) is 11.3 Å². The fraction of sp³-hybridized carbons (Fsp3) is 0.348. The van der Waals surface area contributed by atoms with Crippen molar-refractivity contribution >= 4 is 39.1 Å². The normalized spacial score (nSPS) is 11.5. The number of nitrogens with zero attached hydrogens (tertiary/aromatic N) is 2. The quantitative estimate of drug-likeness (QED) is 0.478. The second-order valence-corrected chi connectivity index (χ2v) is 7.94. The van der Waals surface area contributed by atoms with Gasteiger partial charge in [-0.2, -0.15) is 4.99 Å². The van der Waals surface area contributed by atoms with E-state index in [1.807, 2.05) is 29.7 Å². The van der Waals surface area contributed by atoms with Crippen molar-refractivity contribution < 1.29 is 28.5 Å². The molecule has 10 heteroatoms. The summed E-state index contributed by atoms with van der Waals surface area (Å²) < 4.78 is 24.4. The van der Waals surface area contributed by atoms with Gasteiger partial charge in [-0.15, -0.1) is 0 Å². The van der Waals surface area contributed by atoms with Crippen LogP contribution < -0.4 is 24.3 Å². The highest BCUT2D eigenvalue weighted by molar-refractivity contribution is 7.16. The summed E-state index contributed by atoms with van der Waals surface area (Å²) in [6.45, 7) is 4.97. The summed E-state index contributed by atoms with van der Waals surface area (Å²) in [6, 6.07) is 8.71. The van der Waals surface area contributed by atoms with Crippen molar-refractivity contribution in [1.29, 1.82) is 0 Å². The minimum Gasteiger partial charge on any atom is -0.493 e. The Balaban J connectivity index is 2.10. The minimum atomic E-state index is -0.451. The van der Waals surface area contributed by atoms with Gasteiger partial charge in [0, 0.05) is 31.3 Å². The number of thiazole rings is 1. The number of aromatic nitrogens is 1. The molecule has 0 unspecified atom stereocenters. The number of anilines is 1. The first kappa shape index (κ1) is 24.3. The van der Waals surface area contributed by atoms with E-state index in [4.69, 9.17) is 18.9 Å². The van der Waals surface area contributed by atoms with Crippen LogP contribution in [-0.2, 0) is 16.1 Å². The standard InChI is InChI=1S/C23H27N3O6S/c1-6-32-10-9-26-17-8-7-16(24-14(2)27)13-20(17)33-23(26)25-22(28)15-11-18(29-3)21(31-5)19(12-15)30-4/h7-8,11-13H,6,9-10H2,1-5H3,(H,24,27). The maximum atomic E-state index is 13.1. The Morgan fingerprint density at radius 1 is 1.06 bits per heavy atom. The van der Waals surface area contributed by atoms with Crippen molar-refractivity contribution in [3.05, 3.63) is 40.7 Å². The maximum Gasteiger partial charge on any atom is 0.279 e. The molecule has 33 heavy (non-hydrogen) atoms. The van der Waals surface area contributed by atoms with E-state index in [9.17, 15) is 9.59 Å². The fourth-order valence-electron chi connectivity index (χ4n) is 3.31. The lowest BCUT2D eigenvalue weighted by molar-refractivity contribution is -0.114. The van der Waals surface area contributed by atoms with E-state index in [0.717, 1.165) is 10.2 Å². The third kappa shape index (κ3) is 5.52. The molecule has 0 spiro atoms. The first-order valence-corrected chi connectivity index (χ1v) is 11.1. The SMILES string of the molecule is CCOCCn1c(=NC(=O)c2cc(OC)c(OC)c(OC)c2)sc2cc(NC(C)=O)ccc21. The van der Waals surface area contributed by atoms with E-state index in [-0.39, 0.29) is 5.91 Å². The third-order valence-corrected chi connectivity index (χ3v) is 5.82. The smallest absolute Gasteiger partial charge is 0.279 e. The van der Waals surface area contributed by atoms with Gasteiger partial charge in [-0.3, -0.25) is 9.59 Å². The number of hydrogen-bond donors (Lipinski definition) is 1. The van der Waals surface area contributed by atoms with Gasteiger partial charge in [0.05, 0.1) is 38.2 Å². The molecule has 0 aliphatic heterocycles. The van der Waals surface area contributed by atoms with E-state index in [2.05, 4.69) is 10.3 Å². The average molecular weight is 474 g/mol. The van der Waals surface area contributed by atoms with Gasteiger partial charge in [0.1, 0.15) is 0 Å². The zero-order valence-corrected chi connectivity index (χ0v) is 20.1. The van der Waals surface area contributed by atoms with Gasteiger partial charge in [0.2, 0.25) is 11.7 Å². The van der Waals surface area contributed by atoms with Crippen molar-refractivity contribution in [2.24, 2.45) is 4.99 Å². The lowest BCUT2D eigenvalue weighted by atomic mass is 10.1. The van der Waals surface area contributed by atoms with Crippen molar-refractivity contribution in [3.8, 4) is 17.2 Å². The van der Waals surface area contributed by atoms with Gasteiger partial charge in [-0.25, -0.2) is 0 Å². The molecule has 1 aromatic heterocycles. The lowest BCUT2D eigenvalue weighted by Gasteiger charge is -2.12. The van der Waals surface area contributed by atoms with Gasteiger partial charge in [0.25, 0.3) is 5.91 Å². The number of fused-ring (bicyclic) bond motifs is 1. The molecule has 0 aliphatic rings. The number of benzene rings is 2. The predicted octanol–water partition coefficient (Wildman–Crippen LogP) is 3.46. The number of nitrogens with one attached hydrogen (secondary N) is 1. The monoisotopic (exact) mass is 473 g/mol. The molecular formula is C23H27N3O6S. The van der Waals surface area contributed by atoms with Crippen molar-refractivity contribution in [2.75, 3.05) is 39.9 Å². The summed E-state index contributed by atoms with van der Waals surface area (Å²) in [5, 5.41) is 2.78. The summed E-state index contributed by atoms with van der Waals surface area (Å²) in [6.07, 6.45) is 0. The molecule has 0 fully saturated rings. The number of carbonyl (C=O) groups is 2. The highest BCUT2D eigenvalue weighted by Crippen LogP contribution is 2.38. The molecule has 3 rings (SSSR count). The number of amides is 2. The summed E-state index contributed by atoms with van der Waals surface area (Å²) in [5.41, 5.74) is 1.87. The fourth-order valence-corrected chi connectivity index (χ4v) is 4.41. The molecule has 1 N–H and O–H groups in total. The number of carbonyl (C=O) groups excluding carboxylic acids is 2. The summed E-state index contributed by atoms with van der Waals surface area (Å²) in [4.78, 5) is 29.4. The Hall–Kier alpha value is -3.37. The predicted molar refractivity (Wildman–Crippen MR) is 127 cm³/mol. The van der Waals surface area contributed by atoms with Crippen LogP contribution in [0, 0.1) is 0 Å². The Bertz CT molecular complexity index is 1210. The van der Waals surface area contributed by atoms with Crippen LogP contribution in [0.2, 0.25) is 0 Å². The minimum absolute atomic E-state index is 0.155. The lowest BCUT2D eigenvalue weighted by Crippen LogP contribution is -2.19. The largest absolute Gasteiger partial charge is 0.493 e. The van der Waals surface area contributed by atoms with Gasteiger partial charge in [-0.05, 0) is 37.3 Å². The van der Waals surface area contributed by atoms with Crippen LogP contribution in [-0.4, -0.2) is 50.9 Å².